The topological polar surface area (TPSA) is 50.9 Å². The van der Waals surface area contributed by atoms with E-state index in [2.05, 4.69) is 41.9 Å². The molecule has 0 fully saturated rings. The van der Waals surface area contributed by atoms with Crippen molar-refractivity contribution in [2.45, 2.75) is 26.0 Å². The Morgan fingerprint density at radius 2 is 2.11 bits per heavy atom. The van der Waals surface area contributed by atoms with E-state index >= 15 is 0 Å². The number of aliphatic hydroxyl groups is 1. The molecule has 96 valence electrons. The maximum absolute atomic E-state index is 10.2. The Hall–Kier alpha value is -0.720. The first-order chi connectivity index (χ1) is 8.61. The fourth-order valence-corrected chi connectivity index (χ4v) is 2.36. The van der Waals surface area contributed by atoms with Gasteiger partial charge in [-0.3, -0.25) is 4.68 Å². The van der Waals surface area contributed by atoms with Gasteiger partial charge in [0, 0.05) is 21.9 Å². The molecule has 0 aliphatic heterocycles. The van der Waals surface area contributed by atoms with Gasteiger partial charge in [-0.05, 0) is 56.5 Å². The number of aromatic nitrogens is 3. The third-order valence-electron chi connectivity index (χ3n) is 2.70. The summed E-state index contributed by atoms with van der Waals surface area (Å²) in [6, 6.07) is 5.71. The van der Waals surface area contributed by atoms with Crippen molar-refractivity contribution in [1.82, 2.24) is 14.8 Å². The SMILES string of the molecule is CCn1ncnc1CC(O)c1ccc(Br)c(Br)c1. The molecule has 1 heterocycles. The minimum Gasteiger partial charge on any atom is -0.388 e. The van der Waals surface area contributed by atoms with Gasteiger partial charge in [-0.15, -0.1) is 0 Å². The van der Waals surface area contributed by atoms with Gasteiger partial charge < -0.3 is 5.11 Å². The molecular weight excluding hydrogens is 362 g/mol. The number of rotatable bonds is 4. The zero-order valence-corrected chi connectivity index (χ0v) is 13.0. The first-order valence-electron chi connectivity index (χ1n) is 5.61. The molecule has 0 bridgehead atoms. The molecule has 2 rings (SSSR count). The van der Waals surface area contributed by atoms with Gasteiger partial charge in [-0.25, -0.2) is 4.98 Å². The summed E-state index contributed by atoms with van der Waals surface area (Å²) in [5, 5.41) is 14.3. The molecule has 6 heteroatoms. The Labute approximate surface area is 122 Å². The van der Waals surface area contributed by atoms with Gasteiger partial charge in [0.15, 0.2) is 0 Å². The molecule has 2 aromatic rings. The fourth-order valence-electron chi connectivity index (χ4n) is 1.72. The Morgan fingerprint density at radius 1 is 1.33 bits per heavy atom. The Balaban J connectivity index is 2.16. The number of nitrogens with zero attached hydrogens (tertiary/aromatic N) is 3. The molecule has 0 aliphatic rings. The van der Waals surface area contributed by atoms with Crippen LogP contribution < -0.4 is 0 Å². The first kappa shape index (κ1) is 13.7. The number of aryl methyl sites for hydroxylation is 1. The number of benzene rings is 1. The summed E-state index contributed by atoms with van der Waals surface area (Å²) in [4.78, 5) is 4.16. The summed E-state index contributed by atoms with van der Waals surface area (Å²) in [7, 11) is 0. The number of aliphatic hydroxyl groups excluding tert-OH is 1. The smallest absolute Gasteiger partial charge is 0.138 e. The quantitative estimate of drug-likeness (QED) is 0.894. The largest absolute Gasteiger partial charge is 0.388 e. The second-order valence-corrected chi connectivity index (χ2v) is 5.59. The minimum atomic E-state index is -0.580. The lowest BCUT2D eigenvalue weighted by Gasteiger charge is -2.12. The lowest BCUT2D eigenvalue weighted by molar-refractivity contribution is 0.174. The molecule has 1 aromatic carbocycles. The van der Waals surface area contributed by atoms with Gasteiger partial charge in [-0.1, -0.05) is 6.07 Å². The van der Waals surface area contributed by atoms with E-state index in [-0.39, 0.29) is 0 Å². The molecule has 0 saturated heterocycles. The van der Waals surface area contributed by atoms with Crippen LogP contribution in [0.2, 0.25) is 0 Å². The molecule has 0 amide bonds. The van der Waals surface area contributed by atoms with Crippen LogP contribution in [-0.2, 0) is 13.0 Å². The summed E-state index contributed by atoms with van der Waals surface area (Å²) in [6.07, 6.45) is 1.40. The third kappa shape index (κ3) is 2.99. The standard InChI is InChI=1S/C12H13Br2N3O/c1-2-17-12(15-7-16-17)6-11(18)8-3-4-9(13)10(14)5-8/h3-5,7,11,18H,2,6H2,1H3. The van der Waals surface area contributed by atoms with E-state index in [1.54, 1.807) is 4.68 Å². The normalized spacial score (nSPS) is 12.7. The van der Waals surface area contributed by atoms with Crippen LogP contribution in [0.1, 0.15) is 24.4 Å². The second kappa shape index (κ2) is 5.95. The zero-order valence-electron chi connectivity index (χ0n) is 9.85. The van der Waals surface area contributed by atoms with Gasteiger partial charge in [0.2, 0.25) is 0 Å². The van der Waals surface area contributed by atoms with E-state index in [1.807, 2.05) is 25.1 Å². The van der Waals surface area contributed by atoms with Gasteiger partial charge >= 0.3 is 0 Å². The molecule has 1 aromatic heterocycles. The van der Waals surface area contributed by atoms with Crippen molar-refractivity contribution >= 4 is 31.9 Å². The highest BCUT2D eigenvalue weighted by Gasteiger charge is 2.13. The molecule has 0 saturated carbocycles. The lowest BCUT2D eigenvalue weighted by atomic mass is 10.1. The van der Waals surface area contributed by atoms with E-state index in [9.17, 15) is 5.11 Å². The van der Waals surface area contributed by atoms with Crippen LogP contribution in [0.4, 0.5) is 0 Å². The maximum Gasteiger partial charge on any atom is 0.138 e. The van der Waals surface area contributed by atoms with Crippen molar-refractivity contribution in [3.63, 3.8) is 0 Å². The Kier molecular flexibility index (Phi) is 4.53. The summed E-state index contributed by atoms with van der Waals surface area (Å²) in [6.45, 7) is 2.76. The van der Waals surface area contributed by atoms with E-state index in [4.69, 9.17) is 0 Å². The van der Waals surface area contributed by atoms with Crippen LogP contribution in [0.25, 0.3) is 0 Å². The predicted molar refractivity (Wildman–Crippen MR) is 76.2 cm³/mol. The average Bonchev–Trinajstić information content (AvgIpc) is 2.79. The first-order valence-corrected chi connectivity index (χ1v) is 7.20. The minimum absolute atomic E-state index is 0.460. The van der Waals surface area contributed by atoms with E-state index in [1.165, 1.54) is 6.33 Å². The Bertz CT molecular complexity index is 542. The van der Waals surface area contributed by atoms with E-state index < -0.39 is 6.10 Å². The summed E-state index contributed by atoms with van der Waals surface area (Å²) in [5.74, 6) is 0.795. The summed E-state index contributed by atoms with van der Waals surface area (Å²) in [5.41, 5.74) is 0.857. The van der Waals surface area contributed by atoms with Gasteiger partial charge in [0.05, 0.1) is 6.10 Å². The highest BCUT2D eigenvalue weighted by molar-refractivity contribution is 9.13. The van der Waals surface area contributed by atoms with Gasteiger partial charge in [0.1, 0.15) is 12.2 Å². The maximum atomic E-state index is 10.2. The molecule has 1 unspecified atom stereocenters. The van der Waals surface area contributed by atoms with E-state index in [0.717, 1.165) is 26.9 Å². The highest BCUT2D eigenvalue weighted by Crippen LogP contribution is 2.27. The summed E-state index contributed by atoms with van der Waals surface area (Å²) >= 11 is 6.84. The number of hydrogen-bond acceptors (Lipinski definition) is 3. The van der Waals surface area contributed by atoms with Crippen LogP contribution in [0, 0.1) is 0 Å². The van der Waals surface area contributed by atoms with Crippen molar-refractivity contribution in [3.05, 3.63) is 44.9 Å². The monoisotopic (exact) mass is 373 g/mol. The molecule has 1 N–H and O–H groups in total. The second-order valence-electron chi connectivity index (χ2n) is 3.89. The average molecular weight is 375 g/mol. The fraction of sp³-hybridized carbons (Fsp3) is 0.333. The predicted octanol–water partition coefficient (Wildman–Crippen LogP) is 3.10. The van der Waals surface area contributed by atoms with Crippen LogP contribution in [-0.4, -0.2) is 19.9 Å². The lowest BCUT2D eigenvalue weighted by Crippen LogP contribution is -2.09. The molecule has 4 nitrogen and oxygen atoms in total. The highest BCUT2D eigenvalue weighted by atomic mass is 79.9. The molecule has 1 atom stereocenters. The van der Waals surface area contributed by atoms with Crippen LogP contribution >= 0.6 is 31.9 Å². The number of halogens is 2. The third-order valence-corrected chi connectivity index (χ3v) is 4.58. The van der Waals surface area contributed by atoms with Crippen molar-refractivity contribution in [1.29, 1.82) is 0 Å². The van der Waals surface area contributed by atoms with Crippen molar-refractivity contribution in [2.75, 3.05) is 0 Å². The van der Waals surface area contributed by atoms with Crippen LogP contribution in [0.15, 0.2) is 33.5 Å². The number of hydrogen-bond donors (Lipinski definition) is 1. The van der Waals surface area contributed by atoms with Crippen LogP contribution in [0.3, 0.4) is 0 Å². The molecule has 0 aliphatic carbocycles. The van der Waals surface area contributed by atoms with Crippen molar-refractivity contribution in [3.8, 4) is 0 Å². The summed E-state index contributed by atoms with van der Waals surface area (Å²) < 4.78 is 3.68. The van der Waals surface area contributed by atoms with Gasteiger partial charge in [0.25, 0.3) is 0 Å². The van der Waals surface area contributed by atoms with Gasteiger partial charge in [-0.2, -0.15) is 5.10 Å². The molecular formula is C12H13Br2N3O. The van der Waals surface area contributed by atoms with Crippen molar-refractivity contribution < 1.29 is 5.11 Å². The molecule has 18 heavy (non-hydrogen) atoms. The van der Waals surface area contributed by atoms with Crippen molar-refractivity contribution in [2.24, 2.45) is 0 Å². The Morgan fingerprint density at radius 3 is 2.78 bits per heavy atom. The van der Waals surface area contributed by atoms with Crippen LogP contribution in [0.5, 0.6) is 0 Å². The molecule has 0 spiro atoms. The van der Waals surface area contributed by atoms with E-state index in [0.29, 0.717) is 6.42 Å². The molecule has 0 radical (unpaired) electrons. The zero-order chi connectivity index (χ0) is 13.1.